The number of nitro groups is 1. The number of hydrogen-bond acceptors (Lipinski definition) is 5. The maximum Gasteiger partial charge on any atom is 0.416 e. The molecule has 4 aromatic rings. The first-order valence-electron chi connectivity index (χ1n) is 10.9. The maximum atomic E-state index is 12.9. The van der Waals surface area contributed by atoms with E-state index in [1.54, 1.807) is 12.1 Å². The molecule has 0 spiro atoms. The van der Waals surface area contributed by atoms with Crippen molar-refractivity contribution in [3.63, 3.8) is 0 Å². The van der Waals surface area contributed by atoms with Gasteiger partial charge < -0.3 is 4.57 Å². The van der Waals surface area contributed by atoms with Crippen molar-refractivity contribution in [3.05, 3.63) is 111 Å². The third-order valence-corrected chi connectivity index (χ3v) is 5.65. The Labute approximate surface area is 208 Å². The number of fused-ring (bicyclic) bond motifs is 1. The highest BCUT2D eigenvalue weighted by Gasteiger charge is 2.33. The van der Waals surface area contributed by atoms with Crippen molar-refractivity contribution < 1.29 is 22.9 Å². The van der Waals surface area contributed by atoms with Crippen LogP contribution in [0.25, 0.3) is 10.9 Å². The molecule has 0 saturated carbocycles. The smallest absolute Gasteiger partial charge is 0.342 e. The van der Waals surface area contributed by atoms with Gasteiger partial charge in [-0.05, 0) is 23.8 Å². The Bertz CT molecular complexity index is 1570. The number of hydrazone groups is 1. The number of halogens is 3. The van der Waals surface area contributed by atoms with Crippen molar-refractivity contribution in [2.75, 3.05) is 0 Å². The molecule has 0 aliphatic carbocycles. The minimum Gasteiger partial charge on any atom is -0.342 e. The van der Waals surface area contributed by atoms with Gasteiger partial charge in [-0.15, -0.1) is 0 Å². The number of carbonyl (C=O) groups is 1. The molecule has 0 saturated heterocycles. The predicted octanol–water partition coefficient (Wildman–Crippen LogP) is 5.18. The molecular weight excluding hydrogens is 487 g/mol. The quantitative estimate of drug-likeness (QED) is 0.212. The lowest BCUT2D eigenvalue weighted by Gasteiger charge is -2.08. The molecule has 0 radical (unpaired) electrons. The second-order valence-electron chi connectivity index (χ2n) is 8.07. The van der Waals surface area contributed by atoms with E-state index in [1.165, 1.54) is 6.21 Å². The average Bonchev–Trinajstić information content (AvgIpc) is 3.21. The summed E-state index contributed by atoms with van der Waals surface area (Å²) < 4.78 is 40.6. The lowest BCUT2D eigenvalue weighted by atomic mass is 10.1. The van der Waals surface area contributed by atoms with Gasteiger partial charge in [0.05, 0.1) is 34.8 Å². The van der Waals surface area contributed by atoms with Gasteiger partial charge in [0.1, 0.15) is 0 Å². The van der Waals surface area contributed by atoms with Crippen LogP contribution in [0.2, 0.25) is 0 Å². The SMILES string of the molecule is N#Cc1ccccc1Cn1cc(C=NNC(=O)Cc2ccc(C(F)(F)F)cc2[N+](=O)[O-])c2ccccc21. The van der Waals surface area contributed by atoms with Crippen LogP contribution < -0.4 is 5.43 Å². The van der Waals surface area contributed by atoms with E-state index in [2.05, 4.69) is 16.6 Å². The topological polar surface area (TPSA) is 113 Å². The number of nitro benzene ring substituents is 1. The fraction of sp³-hybridized carbons (Fsp3) is 0.115. The predicted molar refractivity (Wildman–Crippen MR) is 130 cm³/mol. The summed E-state index contributed by atoms with van der Waals surface area (Å²) in [6.07, 6.45) is -2.05. The molecule has 3 aromatic carbocycles. The molecule has 0 bridgehead atoms. The van der Waals surface area contributed by atoms with Crippen LogP contribution >= 0.6 is 0 Å². The summed E-state index contributed by atoms with van der Waals surface area (Å²) >= 11 is 0. The number of nitrogens with zero attached hydrogens (tertiary/aromatic N) is 4. The third kappa shape index (κ3) is 5.65. The number of carbonyl (C=O) groups excluding carboxylic acids is 1. The molecule has 1 aromatic heterocycles. The second kappa shape index (κ2) is 10.3. The molecule has 1 N–H and O–H groups in total. The van der Waals surface area contributed by atoms with Gasteiger partial charge in [0.15, 0.2) is 0 Å². The summed E-state index contributed by atoms with van der Waals surface area (Å²) in [5, 5.41) is 25.4. The number of nitriles is 1. The van der Waals surface area contributed by atoms with Crippen LogP contribution in [0, 0.1) is 21.4 Å². The summed E-state index contributed by atoms with van der Waals surface area (Å²) in [5.41, 5.74) is 3.07. The van der Waals surface area contributed by atoms with E-state index in [4.69, 9.17) is 0 Å². The van der Waals surface area contributed by atoms with E-state index < -0.39 is 34.7 Å². The Morgan fingerprint density at radius 1 is 1.11 bits per heavy atom. The zero-order chi connectivity index (χ0) is 26.6. The molecule has 1 amide bonds. The molecule has 1 heterocycles. The summed E-state index contributed by atoms with van der Waals surface area (Å²) in [6.45, 7) is 0.433. The highest BCUT2D eigenvalue weighted by Crippen LogP contribution is 2.33. The maximum absolute atomic E-state index is 12.9. The van der Waals surface area contributed by atoms with E-state index >= 15 is 0 Å². The minimum absolute atomic E-state index is 0.168. The number of benzene rings is 3. The van der Waals surface area contributed by atoms with Crippen molar-refractivity contribution in [2.24, 2.45) is 5.10 Å². The highest BCUT2D eigenvalue weighted by atomic mass is 19.4. The lowest BCUT2D eigenvalue weighted by molar-refractivity contribution is -0.385. The normalized spacial score (nSPS) is 11.5. The second-order valence-corrected chi connectivity index (χ2v) is 8.07. The van der Waals surface area contributed by atoms with Crippen molar-refractivity contribution >= 4 is 28.7 Å². The van der Waals surface area contributed by atoms with Crippen molar-refractivity contribution in [3.8, 4) is 6.07 Å². The van der Waals surface area contributed by atoms with Crippen LogP contribution in [0.15, 0.2) is 78.0 Å². The molecule has 0 unspecified atom stereocenters. The minimum atomic E-state index is -4.74. The van der Waals surface area contributed by atoms with Crippen molar-refractivity contribution in [1.29, 1.82) is 5.26 Å². The van der Waals surface area contributed by atoms with Crippen molar-refractivity contribution in [1.82, 2.24) is 9.99 Å². The Morgan fingerprint density at radius 2 is 1.84 bits per heavy atom. The van der Waals surface area contributed by atoms with Gasteiger partial charge in [0.25, 0.3) is 5.69 Å². The van der Waals surface area contributed by atoms with E-state index in [1.807, 2.05) is 47.2 Å². The molecule has 186 valence electrons. The fourth-order valence-electron chi connectivity index (χ4n) is 3.91. The first kappa shape index (κ1) is 25.1. The van der Waals surface area contributed by atoms with Gasteiger partial charge in [0, 0.05) is 40.8 Å². The van der Waals surface area contributed by atoms with E-state index in [-0.39, 0.29) is 5.56 Å². The molecule has 11 heteroatoms. The van der Waals surface area contributed by atoms with Gasteiger partial charge in [0.2, 0.25) is 5.91 Å². The number of aromatic nitrogens is 1. The van der Waals surface area contributed by atoms with Crippen LogP contribution in [0.5, 0.6) is 0 Å². The van der Waals surface area contributed by atoms with E-state index in [0.717, 1.165) is 22.5 Å². The van der Waals surface area contributed by atoms with Crippen LogP contribution in [0.3, 0.4) is 0 Å². The van der Waals surface area contributed by atoms with Crippen LogP contribution in [-0.2, 0) is 23.9 Å². The first-order valence-corrected chi connectivity index (χ1v) is 10.9. The lowest BCUT2D eigenvalue weighted by Crippen LogP contribution is -2.20. The largest absolute Gasteiger partial charge is 0.416 e. The molecule has 37 heavy (non-hydrogen) atoms. The fourth-order valence-corrected chi connectivity index (χ4v) is 3.91. The Kier molecular flexibility index (Phi) is 7.01. The molecule has 0 aliphatic rings. The third-order valence-electron chi connectivity index (χ3n) is 5.65. The van der Waals surface area contributed by atoms with E-state index in [0.29, 0.717) is 29.8 Å². The van der Waals surface area contributed by atoms with Crippen LogP contribution in [0.1, 0.15) is 27.8 Å². The standard InChI is InChI=1S/C26H18F3N5O3/c27-26(28,29)21-10-9-17(24(12-21)34(36)37)11-25(35)32-31-14-20-16-33(23-8-4-3-7-22(20)23)15-19-6-2-1-5-18(19)13-30/h1-10,12,14,16H,11,15H2,(H,32,35). The van der Waals surface area contributed by atoms with Gasteiger partial charge in [-0.1, -0.05) is 42.5 Å². The van der Waals surface area contributed by atoms with Gasteiger partial charge in [-0.3, -0.25) is 14.9 Å². The van der Waals surface area contributed by atoms with Gasteiger partial charge in [-0.2, -0.15) is 23.5 Å². The number of alkyl halides is 3. The number of para-hydroxylation sites is 1. The number of nitrogens with one attached hydrogen (secondary N) is 1. The Balaban J connectivity index is 1.52. The average molecular weight is 505 g/mol. The monoisotopic (exact) mass is 505 g/mol. The molecule has 4 rings (SSSR count). The van der Waals surface area contributed by atoms with Crippen LogP contribution in [-0.4, -0.2) is 21.6 Å². The molecule has 0 aliphatic heterocycles. The Morgan fingerprint density at radius 3 is 2.57 bits per heavy atom. The van der Waals surface area contributed by atoms with Gasteiger partial charge in [-0.25, -0.2) is 5.43 Å². The zero-order valence-electron chi connectivity index (χ0n) is 19.1. The molecular formula is C26H18F3N5O3. The number of rotatable bonds is 7. The first-order chi connectivity index (χ1) is 17.7. The molecule has 8 nitrogen and oxygen atoms in total. The van der Waals surface area contributed by atoms with Crippen molar-refractivity contribution in [2.45, 2.75) is 19.1 Å². The zero-order valence-corrected chi connectivity index (χ0v) is 19.1. The van der Waals surface area contributed by atoms with Crippen LogP contribution in [0.4, 0.5) is 18.9 Å². The summed E-state index contributed by atoms with van der Waals surface area (Å²) in [5.74, 6) is -0.731. The number of hydrogen-bond donors (Lipinski definition) is 1. The Hall–Kier alpha value is -4.98. The highest BCUT2D eigenvalue weighted by molar-refractivity contribution is 5.99. The summed E-state index contributed by atoms with van der Waals surface area (Å²) in [7, 11) is 0. The molecule has 0 fully saturated rings. The van der Waals surface area contributed by atoms with E-state index in [9.17, 15) is 33.3 Å². The summed E-state index contributed by atoms with van der Waals surface area (Å²) in [4.78, 5) is 22.6. The molecule has 0 atom stereocenters. The van der Waals surface area contributed by atoms with Gasteiger partial charge >= 0.3 is 6.18 Å². The summed E-state index contributed by atoms with van der Waals surface area (Å²) in [6, 6.07) is 18.9. The number of amides is 1.